The fourth-order valence-corrected chi connectivity index (χ4v) is 10.7. The number of nitrogens with zero attached hydrogens (tertiary/aromatic N) is 1. The number of rotatable bonds is 8. The summed E-state index contributed by atoms with van der Waals surface area (Å²) < 4.78 is 133. The molecule has 1 unspecified atom stereocenters. The summed E-state index contributed by atoms with van der Waals surface area (Å²) in [7, 11) is -3.29. The molecular weight excluding hydrogens is 918 g/mol. The number of ketones is 3. The zero-order valence-corrected chi connectivity index (χ0v) is 43.8. The van der Waals surface area contributed by atoms with Crippen molar-refractivity contribution in [3.8, 4) is 0 Å². The highest BCUT2D eigenvalue weighted by atomic mass is 31.2. The van der Waals surface area contributed by atoms with Gasteiger partial charge >= 0.3 is 5.97 Å². The predicted molar refractivity (Wildman–Crippen MR) is 268 cm³/mol. The summed E-state index contributed by atoms with van der Waals surface area (Å²) in [6.45, 7) is 9.58. The van der Waals surface area contributed by atoms with E-state index in [1.54, 1.807) is 6.92 Å². The molecule has 1 amide bonds. The Morgan fingerprint density at radius 3 is 2.34 bits per heavy atom. The second-order valence-electron chi connectivity index (χ2n) is 20.1. The fourth-order valence-electron chi connectivity index (χ4n) is 9.78. The SMILES string of the molecule is [2H]C([2H])([2H])O[C@H]1C[C@@H]2CC([2H])([2H])[C@@H](C)[C@@](O)(O2)C(=O)C(=O)N2CCCC[C@H]2C(=O)O[C@H]([C@H](C)C[C@@H]2CC[C@@H](OP(C)(C)=O)[C@H](OC)C2)CC(=O)[C@H](C([2H])([2H])[2H])/C=C(\C)[C@@H](O)[C@@H](OC)C(=O)[C@H](C)C([2H])(C)[C@]([2H])(C)/C=C/C=CC=C1C. The smallest absolute Gasteiger partial charge is 0.329 e. The summed E-state index contributed by atoms with van der Waals surface area (Å²) in [5.41, 5.74) is 0.121. The van der Waals surface area contributed by atoms with Crippen LogP contribution in [-0.2, 0) is 56.7 Å². The van der Waals surface area contributed by atoms with Crippen molar-refractivity contribution in [2.45, 2.75) is 180 Å². The molecule has 0 spiro atoms. The van der Waals surface area contributed by atoms with Crippen LogP contribution in [0.5, 0.6) is 0 Å². The van der Waals surface area contributed by atoms with Crippen LogP contribution in [0, 0.1) is 41.4 Å². The molecule has 396 valence electrons. The number of hydrogen-bond acceptors (Lipinski definition) is 14. The van der Waals surface area contributed by atoms with Crippen LogP contribution in [0.3, 0.4) is 0 Å². The van der Waals surface area contributed by atoms with Crippen LogP contribution in [0.1, 0.15) is 140 Å². The van der Waals surface area contributed by atoms with Gasteiger partial charge in [0.15, 0.2) is 13.2 Å². The Morgan fingerprint density at radius 2 is 1.69 bits per heavy atom. The van der Waals surface area contributed by atoms with Gasteiger partial charge in [0, 0.05) is 81.3 Å². The minimum atomic E-state index is -3.15. The molecule has 0 aromatic carbocycles. The van der Waals surface area contributed by atoms with Crippen LogP contribution >= 0.6 is 7.37 Å². The van der Waals surface area contributed by atoms with Crippen molar-refractivity contribution in [1.82, 2.24) is 4.90 Å². The van der Waals surface area contributed by atoms with Gasteiger partial charge in [-0.15, -0.1) is 0 Å². The Balaban J connectivity index is 1.88. The molecule has 1 aliphatic carbocycles. The van der Waals surface area contributed by atoms with E-state index in [2.05, 4.69) is 0 Å². The number of Topliss-reactive ketones (excluding diaryl/α,β-unsaturated/α-hetero) is 3. The molecule has 2 saturated heterocycles. The van der Waals surface area contributed by atoms with Crippen molar-refractivity contribution in [1.29, 1.82) is 0 Å². The molecule has 0 aromatic heterocycles. The number of hydrogen-bond donors (Lipinski definition) is 2. The summed E-state index contributed by atoms with van der Waals surface area (Å²) in [5, 5.41) is 23.9. The zero-order chi connectivity index (χ0) is 60.9. The lowest BCUT2D eigenvalue weighted by Crippen LogP contribution is -2.61. The molecule has 0 aromatic rings. The molecule has 16 heteroatoms. The number of methoxy groups -OCH3 is 3. The van der Waals surface area contributed by atoms with Crippen molar-refractivity contribution in [3.05, 3.63) is 47.6 Å². The van der Waals surface area contributed by atoms with E-state index < -0.39 is 166 Å². The first-order chi connectivity index (χ1) is 36.6. The third-order valence-corrected chi connectivity index (χ3v) is 15.3. The Bertz CT molecular complexity index is 2390. The van der Waals surface area contributed by atoms with E-state index in [1.165, 1.54) is 92.4 Å². The first-order valence-corrected chi connectivity index (χ1v) is 27.0. The number of esters is 1. The topological polar surface area (TPSA) is 201 Å². The number of amides is 1. The van der Waals surface area contributed by atoms with Gasteiger partial charge in [-0.05, 0) is 106 Å². The minimum absolute atomic E-state index is 0.0520. The first-order valence-electron chi connectivity index (χ1n) is 29.5. The van der Waals surface area contributed by atoms with Crippen molar-refractivity contribution in [2.75, 3.05) is 41.1 Å². The molecule has 16 atom stereocenters. The summed E-state index contributed by atoms with van der Waals surface area (Å²) in [6, 6.07) is -1.49. The summed E-state index contributed by atoms with van der Waals surface area (Å²) in [5.74, 6) is -18.5. The van der Waals surface area contributed by atoms with Crippen LogP contribution in [0.2, 0.25) is 0 Å². The van der Waals surface area contributed by atoms with Crippen LogP contribution in [0.4, 0.5) is 0 Å². The molecule has 70 heavy (non-hydrogen) atoms. The highest BCUT2D eigenvalue weighted by Crippen LogP contribution is 2.45. The van der Waals surface area contributed by atoms with Crippen molar-refractivity contribution >= 4 is 36.6 Å². The average Bonchev–Trinajstić information content (AvgIpc) is 3.34. The molecular formula is C54H86NO14P. The van der Waals surface area contributed by atoms with Gasteiger partial charge < -0.3 is 43.3 Å². The van der Waals surface area contributed by atoms with E-state index in [4.69, 9.17) is 39.2 Å². The van der Waals surface area contributed by atoms with E-state index >= 15 is 0 Å². The molecule has 2 bridgehead atoms. The standard InChI is InChI=1S/C54H86NO14P/c1-32-19-15-14-16-20-33(2)45(64-9)30-41-24-22-37(6)54(62,68-41)51(59)52(60)55-26-18-17-21-42(55)53(61)67-46(35(4)28-40-23-25-44(47(29-40)65-10)69-70(12,13)63)31-43(56)34(3)27-36(5)48(57)50(66-11)49(58)39(8)38(32)7/h14-16,19-20,27,32,34-35,37-42,44-48,50,57,62H,17-18,21-26,28-31H2,1-13H3/b16-14?,19-15+,33-20?,36-27+/t32-,34-,35-,37-,38?,39-,40+,41+,42+,44-,45+,46+,47-,48-,50-,54-/m1/s1/i3D3,9D3,22D2,32D,38D. The van der Waals surface area contributed by atoms with Crippen LogP contribution in [0.25, 0.3) is 0 Å². The molecule has 0 radical (unpaired) electrons. The number of fused-ring (bicyclic) bond motifs is 3. The van der Waals surface area contributed by atoms with Crippen LogP contribution in [0.15, 0.2) is 47.6 Å². The second-order valence-corrected chi connectivity index (χ2v) is 22.8. The number of cyclic esters (lactones) is 1. The van der Waals surface area contributed by atoms with Gasteiger partial charge in [0.25, 0.3) is 11.7 Å². The Labute approximate surface area is 432 Å². The first kappa shape index (κ1) is 45.5. The molecule has 4 aliphatic rings. The van der Waals surface area contributed by atoms with Gasteiger partial charge in [0.05, 0.1) is 28.5 Å². The van der Waals surface area contributed by atoms with E-state index in [0.717, 1.165) is 18.1 Å². The van der Waals surface area contributed by atoms with Gasteiger partial charge in [0.1, 0.15) is 30.1 Å². The van der Waals surface area contributed by atoms with Crippen molar-refractivity contribution < 1.29 is 80.7 Å². The highest BCUT2D eigenvalue weighted by Gasteiger charge is 2.53. The van der Waals surface area contributed by atoms with E-state index in [0.29, 0.717) is 38.5 Å². The third-order valence-electron chi connectivity index (χ3n) is 14.5. The molecule has 2 N–H and O–H groups in total. The van der Waals surface area contributed by atoms with Crippen LogP contribution in [-0.4, -0.2) is 140 Å². The lowest BCUT2D eigenvalue weighted by molar-refractivity contribution is -0.265. The summed E-state index contributed by atoms with van der Waals surface area (Å²) >= 11 is 0. The number of aliphatic hydroxyl groups is 2. The maximum absolute atomic E-state index is 14.7. The minimum Gasteiger partial charge on any atom is -0.460 e. The number of carbonyl (C=O) groups excluding carboxylic acids is 5. The Hall–Kier alpha value is -3.14. The Morgan fingerprint density at radius 1 is 0.957 bits per heavy atom. The quantitative estimate of drug-likeness (QED) is 0.103. The second kappa shape index (κ2) is 26.7. The summed E-state index contributed by atoms with van der Waals surface area (Å²) in [6.07, 6.45) is -2.16. The third kappa shape index (κ3) is 15.7. The van der Waals surface area contributed by atoms with Gasteiger partial charge in [-0.25, -0.2) is 4.79 Å². The van der Waals surface area contributed by atoms with Crippen molar-refractivity contribution in [3.63, 3.8) is 0 Å². The number of piperidine rings is 1. The lowest BCUT2D eigenvalue weighted by Gasteiger charge is -2.42. The van der Waals surface area contributed by atoms with Gasteiger partial charge in [-0.2, -0.15) is 0 Å². The van der Waals surface area contributed by atoms with Crippen molar-refractivity contribution in [2.24, 2.45) is 41.4 Å². The predicted octanol–water partition coefficient (Wildman–Crippen LogP) is 7.99. The number of ether oxygens (including phenoxy) is 5. The number of allylic oxidation sites excluding steroid dienone is 6. The van der Waals surface area contributed by atoms with Gasteiger partial charge in [-0.3, -0.25) is 23.7 Å². The fraction of sp³-hybridized carbons (Fsp3) is 0.759. The molecule has 3 fully saturated rings. The molecule has 3 aliphatic heterocycles. The van der Waals surface area contributed by atoms with Gasteiger partial charge in [0.2, 0.25) is 5.79 Å². The summed E-state index contributed by atoms with van der Waals surface area (Å²) in [4.78, 5) is 73.5. The lowest BCUT2D eigenvalue weighted by atomic mass is 9.78. The zero-order valence-electron chi connectivity index (χ0n) is 52.9. The largest absolute Gasteiger partial charge is 0.460 e. The number of carbonyl (C=O) groups is 5. The molecule has 1 saturated carbocycles. The van der Waals surface area contributed by atoms with Crippen LogP contribution < -0.4 is 0 Å². The molecule has 4 rings (SSSR count). The Kier molecular flexibility index (Phi) is 17.3. The highest BCUT2D eigenvalue weighted by molar-refractivity contribution is 7.57. The normalized spacial score (nSPS) is 43.8. The number of aliphatic hydroxyl groups excluding tert-OH is 1. The average molecular weight is 1010 g/mol. The monoisotopic (exact) mass is 1010 g/mol. The molecule has 3 heterocycles. The molecule has 15 nitrogen and oxygen atoms in total. The maximum atomic E-state index is 14.7. The van der Waals surface area contributed by atoms with E-state index in [-0.39, 0.29) is 30.0 Å². The van der Waals surface area contributed by atoms with E-state index in [9.17, 15) is 41.5 Å². The van der Waals surface area contributed by atoms with Gasteiger partial charge in [-0.1, -0.05) is 77.9 Å². The van der Waals surface area contributed by atoms with E-state index in [1.807, 2.05) is 0 Å². The maximum Gasteiger partial charge on any atom is 0.329 e.